The van der Waals surface area contributed by atoms with Gasteiger partial charge in [-0.15, -0.1) is 0 Å². The molecule has 94 valence electrons. The Bertz CT molecular complexity index is 365. The predicted molar refractivity (Wildman–Crippen MR) is 80.8 cm³/mol. The van der Waals surface area contributed by atoms with Crippen LogP contribution in [-0.2, 0) is 0 Å². The van der Waals surface area contributed by atoms with Gasteiger partial charge in [0.25, 0.3) is 0 Å². The molecule has 0 aliphatic rings. The van der Waals surface area contributed by atoms with Gasteiger partial charge >= 0.3 is 0 Å². The van der Waals surface area contributed by atoms with Crippen LogP contribution < -0.4 is 5.32 Å². The number of thiocarbonyl (C=S) groups is 1. The molecule has 0 rings (SSSR count). The average molecular weight is 251 g/mol. The van der Waals surface area contributed by atoms with Gasteiger partial charge in [0.2, 0.25) is 0 Å². The first-order chi connectivity index (χ1) is 8.02. The minimum absolute atomic E-state index is 0.651. The molecular weight excluding hydrogens is 230 g/mol. The quantitative estimate of drug-likeness (QED) is 0.444. The van der Waals surface area contributed by atoms with Crippen LogP contribution in [0.3, 0.4) is 0 Å². The van der Waals surface area contributed by atoms with Gasteiger partial charge in [0.05, 0.1) is 10.6 Å². The topological polar surface area (TPSA) is 36.8 Å². The van der Waals surface area contributed by atoms with E-state index in [0.717, 1.165) is 24.2 Å². The van der Waals surface area contributed by atoms with Crippen molar-refractivity contribution in [3.63, 3.8) is 0 Å². The summed E-state index contributed by atoms with van der Waals surface area (Å²) in [5.41, 5.74) is 1.88. The first-order valence-corrected chi connectivity index (χ1v) is 6.10. The van der Waals surface area contributed by atoms with Crippen LogP contribution in [0.2, 0.25) is 0 Å². The highest BCUT2D eigenvalue weighted by molar-refractivity contribution is 7.82. The Morgan fingerprint density at radius 1 is 1.35 bits per heavy atom. The van der Waals surface area contributed by atoms with E-state index < -0.39 is 0 Å². The van der Waals surface area contributed by atoms with Crippen molar-refractivity contribution in [2.75, 3.05) is 0 Å². The summed E-state index contributed by atoms with van der Waals surface area (Å²) < 4.78 is 0. The Kier molecular flexibility index (Phi) is 8.15. The van der Waals surface area contributed by atoms with Crippen LogP contribution >= 0.6 is 12.2 Å². The highest BCUT2D eigenvalue weighted by Gasteiger charge is 2.02. The van der Waals surface area contributed by atoms with Gasteiger partial charge in [-0.3, -0.25) is 4.99 Å². The number of aliphatic imine (C=N–C) groups is 2. The molecular formula is C13H21N3S. The minimum Gasteiger partial charge on any atom is -0.341 e. The molecule has 0 aliphatic heterocycles. The standard InChI is InChI=1S/C13H21N3S/c1-6-8-9-15-10(3)11(4)16-13(12(5)17)14-7-2/h7,9H,2,6,8H2,1,3-5H3,(H,14,16)/b11-10+,15-9?. The first kappa shape index (κ1) is 15.7. The van der Waals surface area contributed by atoms with E-state index in [2.05, 4.69) is 28.8 Å². The molecule has 0 radical (unpaired) electrons. The van der Waals surface area contributed by atoms with E-state index in [1.807, 2.05) is 27.0 Å². The van der Waals surface area contributed by atoms with Crippen LogP contribution in [0.1, 0.15) is 40.5 Å². The van der Waals surface area contributed by atoms with Crippen LogP contribution in [0, 0.1) is 0 Å². The largest absolute Gasteiger partial charge is 0.341 e. The van der Waals surface area contributed by atoms with Gasteiger partial charge in [0, 0.05) is 18.1 Å². The van der Waals surface area contributed by atoms with Crippen LogP contribution in [0.15, 0.2) is 34.2 Å². The molecule has 3 nitrogen and oxygen atoms in total. The van der Waals surface area contributed by atoms with Gasteiger partial charge in [-0.05, 0) is 27.2 Å². The van der Waals surface area contributed by atoms with Gasteiger partial charge in [-0.25, -0.2) is 4.99 Å². The number of hydrogen-bond acceptors (Lipinski definition) is 3. The molecule has 0 aromatic rings. The maximum absolute atomic E-state index is 5.09. The van der Waals surface area contributed by atoms with Crippen molar-refractivity contribution < 1.29 is 0 Å². The predicted octanol–water partition coefficient (Wildman–Crippen LogP) is 3.63. The fraction of sp³-hybridized carbons (Fsp3) is 0.462. The Balaban J connectivity index is 4.74. The molecule has 1 N–H and O–H groups in total. The zero-order valence-corrected chi connectivity index (χ0v) is 11.9. The summed E-state index contributed by atoms with van der Waals surface area (Å²) in [6.07, 6.45) is 5.49. The number of allylic oxidation sites excluding steroid dienone is 2. The van der Waals surface area contributed by atoms with Crippen molar-refractivity contribution >= 4 is 29.1 Å². The average Bonchev–Trinajstić information content (AvgIpc) is 2.28. The number of rotatable bonds is 6. The van der Waals surface area contributed by atoms with E-state index in [4.69, 9.17) is 12.2 Å². The molecule has 0 unspecified atom stereocenters. The molecule has 4 heteroatoms. The number of nitrogens with zero attached hydrogens (tertiary/aromatic N) is 2. The third-order valence-electron chi connectivity index (χ3n) is 2.11. The fourth-order valence-corrected chi connectivity index (χ4v) is 1.10. The van der Waals surface area contributed by atoms with Crippen molar-refractivity contribution in [3.05, 3.63) is 24.2 Å². The molecule has 0 amide bonds. The van der Waals surface area contributed by atoms with E-state index in [1.54, 1.807) is 0 Å². The third-order valence-corrected chi connectivity index (χ3v) is 2.30. The lowest BCUT2D eigenvalue weighted by Gasteiger charge is -2.09. The highest BCUT2D eigenvalue weighted by atomic mass is 32.1. The number of amidine groups is 1. The normalized spacial score (nSPS) is 13.5. The second kappa shape index (κ2) is 8.82. The summed E-state index contributed by atoms with van der Waals surface area (Å²) in [6.45, 7) is 11.4. The van der Waals surface area contributed by atoms with Crippen LogP contribution in [0.4, 0.5) is 0 Å². The Morgan fingerprint density at radius 3 is 2.47 bits per heavy atom. The maximum atomic E-state index is 5.09. The van der Waals surface area contributed by atoms with Crippen LogP contribution in [0.25, 0.3) is 0 Å². The third kappa shape index (κ3) is 6.79. The zero-order valence-electron chi connectivity index (χ0n) is 11.1. The van der Waals surface area contributed by atoms with Crippen molar-refractivity contribution in [1.82, 2.24) is 5.32 Å². The van der Waals surface area contributed by atoms with Crippen molar-refractivity contribution in [1.29, 1.82) is 0 Å². The lowest BCUT2D eigenvalue weighted by molar-refractivity contribution is 0.997. The molecule has 0 aromatic heterocycles. The molecule has 17 heavy (non-hydrogen) atoms. The molecule has 0 aliphatic carbocycles. The fourth-order valence-electron chi connectivity index (χ4n) is 0.998. The van der Waals surface area contributed by atoms with Gasteiger partial charge in [-0.2, -0.15) is 0 Å². The van der Waals surface area contributed by atoms with Crippen molar-refractivity contribution in [3.8, 4) is 0 Å². The van der Waals surface area contributed by atoms with Crippen LogP contribution in [0.5, 0.6) is 0 Å². The molecule has 0 aromatic carbocycles. The molecule has 0 heterocycles. The summed E-state index contributed by atoms with van der Waals surface area (Å²) in [5, 5.41) is 3.15. The molecule has 0 bridgehead atoms. The molecule has 0 spiro atoms. The van der Waals surface area contributed by atoms with E-state index in [1.165, 1.54) is 6.20 Å². The van der Waals surface area contributed by atoms with Gasteiger partial charge in [-0.1, -0.05) is 32.1 Å². The lowest BCUT2D eigenvalue weighted by atomic mass is 10.3. The summed E-state index contributed by atoms with van der Waals surface area (Å²) >= 11 is 5.09. The Morgan fingerprint density at radius 2 is 2.00 bits per heavy atom. The van der Waals surface area contributed by atoms with Crippen molar-refractivity contribution in [2.24, 2.45) is 9.98 Å². The van der Waals surface area contributed by atoms with E-state index in [-0.39, 0.29) is 0 Å². The second-order valence-electron chi connectivity index (χ2n) is 3.65. The molecule has 0 fully saturated rings. The molecule has 0 saturated heterocycles. The lowest BCUT2D eigenvalue weighted by Crippen LogP contribution is -2.27. The maximum Gasteiger partial charge on any atom is 0.143 e. The molecule has 0 saturated carbocycles. The van der Waals surface area contributed by atoms with E-state index >= 15 is 0 Å². The minimum atomic E-state index is 0.651. The summed E-state index contributed by atoms with van der Waals surface area (Å²) in [4.78, 5) is 9.14. The van der Waals surface area contributed by atoms with E-state index in [9.17, 15) is 0 Å². The monoisotopic (exact) mass is 251 g/mol. The first-order valence-electron chi connectivity index (χ1n) is 5.69. The van der Waals surface area contributed by atoms with Gasteiger partial charge < -0.3 is 5.32 Å². The summed E-state index contributed by atoms with van der Waals surface area (Å²) in [7, 11) is 0. The summed E-state index contributed by atoms with van der Waals surface area (Å²) in [6, 6.07) is 0. The highest BCUT2D eigenvalue weighted by Crippen LogP contribution is 2.02. The number of nitrogens with one attached hydrogen (secondary N) is 1. The zero-order chi connectivity index (χ0) is 13.3. The molecule has 0 atom stereocenters. The van der Waals surface area contributed by atoms with E-state index in [0.29, 0.717) is 10.7 Å². The second-order valence-corrected chi connectivity index (χ2v) is 4.26. The Labute approximate surface area is 109 Å². The Hall–Kier alpha value is -1.29. The number of unbranched alkanes of at least 4 members (excludes halogenated alkanes) is 1. The van der Waals surface area contributed by atoms with Crippen molar-refractivity contribution in [2.45, 2.75) is 40.5 Å². The summed E-state index contributed by atoms with van der Waals surface area (Å²) in [5.74, 6) is 0.651. The SMILES string of the molecule is C=CN=C(N/C(C)=C(\C)N=CCCC)C(C)=S. The smallest absolute Gasteiger partial charge is 0.143 e. The van der Waals surface area contributed by atoms with Crippen LogP contribution in [-0.4, -0.2) is 16.9 Å². The number of hydrogen-bond donors (Lipinski definition) is 1. The van der Waals surface area contributed by atoms with Gasteiger partial charge in [0.15, 0.2) is 0 Å². The van der Waals surface area contributed by atoms with Gasteiger partial charge in [0.1, 0.15) is 5.84 Å².